The molecule has 0 atom stereocenters. The second kappa shape index (κ2) is 3.46. The molecule has 1 aromatic rings. The van der Waals surface area contributed by atoms with E-state index in [0.29, 0.717) is 6.42 Å². The van der Waals surface area contributed by atoms with Crippen LogP contribution in [-0.2, 0) is 4.79 Å². The Bertz CT molecular complexity index is 321. The van der Waals surface area contributed by atoms with Crippen LogP contribution in [-0.4, -0.2) is 17.4 Å². The summed E-state index contributed by atoms with van der Waals surface area (Å²) in [5, 5.41) is 0.863. The average molecular weight is 196 g/mol. The lowest BCUT2D eigenvalue weighted by Gasteiger charge is -2.23. The number of amides is 1. The van der Waals surface area contributed by atoms with Crippen LogP contribution in [0.2, 0.25) is 0 Å². The number of hydrogen-bond acceptors (Lipinski definition) is 3. The van der Waals surface area contributed by atoms with Crippen molar-refractivity contribution in [1.82, 2.24) is 4.98 Å². The zero-order valence-electron chi connectivity index (χ0n) is 7.62. The van der Waals surface area contributed by atoms with Crippen molar-refractivity contribution in [2.75, 3.05) is 11.4 Å². The highest BCUT2D eigenvalue weighted by molar-refractivity contribution is 7.15. The van der Waals surface area contributed by atoms with Crippen molar-refractivity contribution >= 4 is 22.4 Å². The molecule has 0 radical (unpaired) electrons. The molecule has 3 nitrogen and oxygen atoms in total. The monoisotopic (exact) mass is 196 g/mol. The molecule has 4 heteroatoms. The van der Waals surface area contributed by atoms with E-state index in [1.54, 1.807) is 16.2 Å². The van der Waals surface area contributed by atoms with Gasteiger partial charge in [0.1, 0.15) is 0 Å². The highest BCUT2D eigenvalue weighted by Gasteiger charge is 2.21. The quantitative estimate of drug-likeness (QED) is 0.688. The standard InChI is InChI=1S/C9H12N2OS/c1-7-6-10-9(13-7)11-5-3-2-4-8(11)12/h6H,2-5H2,1H3. The van der Waals surface area contributed by atoms with Gasteiger partial charge in [0.25, 0.3) is 0 Å². The number of piperidine rings is 1. The number of anilines is 1. The zero-order valence-corrected chi connectivity index (χ0v) is 8.43. The molecule has 1 amide bonds. The summed E-state index contributed by atoms with van der Waals surface area (Å²) >= 11 is 1.59. The van der Waals surface area contributed by atoms with Crippen LogP contribution in [0.5, 0.6) is 0 Å². The van der Waals surface area contributed by atoms with Gasteiger partial charge in [0.05, 0.1) is 0 Å². The topological polar surface area (TPSA) is 33.2 Å². The molecule has 0 unspecified atom stereocenters. The van der Waals surface area contributed by atoms with Gasteiger partial charge in [0.15, 0.2) is 5.13 Å². The summed E-state index contributed by atoms with van der Waals surface area (Å²) in [5.41, 5.74) is 0. The molecule has 1 aliphatic heterocycles. The lowest BCUT2D eigenvalue weighted by molar-refractivity contribution is -0.119. The molecular formula is C9H12N2OS. The van der Waals surface area contributed by atoms with Gasteiger partial charge in [0, 0.05) is 24.0 Å². The molecule has 0 bridgehead atoms. The number of carbonyl (C=O) groups is 1. The fourth-order valence-electron chi connectivity index (χ4n) is 1.48. The summed E-state index contributed by atoms with van der Waals surface area (Å²) in [7, 11) is 0. The molecule has 1 saturated heterocycles. The molecule has 0 saturated carbocycles. The van der Waals surface area contributed by atoms with Gasteiger partial charge >= 0.3 is 0 Å². The first-order chi connectivity index (χ1) is 6.27. The van der Waals surface area contributed by atoms with Gasteiger partial charge in [0.2, 0.25) is 5.91 Å². The molecule has 0 spiro atoms. The van der Waals surface area contributed by atoms with Crippen molar-refractivity contribution in [2.45, 2.75) is 26.2 Å². The minimum atomic E-state index is 0.223. The van der Waals surface area contributed by atoms with E-state index >= 15 is 0 Å². The minimum Gasteiger partial charge on any atom is -0.288 e. The van der Waals surface area contributed by atoms with E-state index in [0.717, 1.165) is 29.4 Å². The zero-order chi connectivity index (χ0) is 9.26. The van der Waals surface area contributed by atoms with Crippen molar-refractivity contribution in [3.8, 4) is 0 Å². The molecule has 2 rings (SSSR count). The molecule has 0 aliphatic carbocycles. The molecule has 1 aromatic heterocycles. The predicted octanol–water partition coefficient (Wildman–Crippen LogP) is 1.97. The highest BCUT2D eigenvalue weighted by Crippen LogP contribution is 2.25. The second-order valence-corrected chi connectivity index (χ2v) is 4.47. The maximum absolute atomic E-state index is 11.5. The SMILES string of the molecule is Cc1cnc(N2CCCCC2=O)s1. The fraction of sp³-hybridized carbons (Fsp3) is 0.556. The van der Waals surface area contributed by atoms with Gasteiger partial charge in [-0.05, 0) is 19.8 Å². The highest BCUT2D eigenvalue weighted by atomic mass is 32.1. The Kier molecular flexibility index (Phi) is 2.31. The fourth-order valence-corrected chi connectivity index (χ4v) is 2.28. The van der Waals surface area contributed by atoms with Gasteiger partial charge < -0.3 is 0 Å². The second-order valence-electron chi connectivity index (χ2n) is 3.26. The molecule has 0 aromatic carbocycles. The van der Waals surface area contributed by atoms with Crippen molar-refractivity contribution in [1.29, 1.82) is 0 Å². The number of hydrogen-bond donors (Lipinski definition) is 0. The number of thiazole rings is 1. The van der Waals surface area contributed by atoms with E-state index in [-0.39, 0.29) is 5.91 Å². The summed E-state index contributed by atoms with van der Waals surface area (Å²) in [5.74, 6) is 0.223. The van der Waals surface area contributed by atoms with E-state index in [1.165, 1.54) is 0 Å². The minimum absolute atomic E-state index is 0.223. The van der Waals surface area contributed by atoms with Gasteiger partial charge in [-0.3, -0.25) is 9.69 Å². The van der Waals surface area contributed by atoms with Crippen LogP contribution in [0.1, 0.15) is 24.1 Å². The van der Waals surface area contributed by atoms with E-state index in [2.05, 4.69) is 4.98 Å². The third kappa shape index (κ3) is 1.72. The van der Waals surface area contributed by atoms with Crippen LogP contribution in [0.25, 0.3) is 0 Å². The lowest BCUT2D eigenvalue weighted by atomic mass is 10.1. The third-order valence-electron chi connectivity index (χ3n) is 2.16. The Morgan fingerprint density at radius 2 is 2.38 bits per heavy atom. The Hall–Kier alpha value is -0.900. The summed E-state index contributed by atoms with van der Waals surface area (Å²) in [4.78, 5) is 18.7. The first-order valence-electron chi connectivity index (χ1n) is 4.50. The van der Waals surface area contributed by atoms with E-state index < -0.39 is 0 Å². The largest absolute Gasteiger partial charge is 0.288 e. The number of nitrogens with zero attached hydrogens (tertiary/aromatic N) is 2. The van der Waals surface area contributed by atoms with E-state index in [9.17, 15) is 4.79 Å². The molecule has 0 N–H and O–H groups in total. The van der Waals surface area contributed by atoms with Crippen molar-refractivity contribution in [3.05, 3.63) is 11.1 Å². The first-order valence-corrected chi connectivity index (χ1v) is 5.32. The van der Waals surface area contributed by atoms with Crippen LogP contribution in [0.15, 0.2) is 6.20 Å². The van der Waals surface area contributed by atoms with Gasteiger partial charge in [-0.2, -0.15) is 0 Å². The third-order valence-corrected chi connectivity index (χ3v) is 3.10. The maximum Gasteiger partial charge on any atom is 0.228 e. The van der Waals surface area contributed by atoms with E-state index in [1.807, 2.05) is 13.1 Å². The Labute approximate surface area is 81.4 Å². The number of aryl methyl sites for hydroxylation is 1. The lowest BCUT2D eigenvalue weighted by Crippen LogP contribution is -2.34. The molecule has 2 heterocycles. The number of aromatic nitrogens is 1. The summed E-state index contributed by atoms with van der Waals surface area (Å²) < 4.78 is 0. The summed E-state index contributed by atoms with van der Waals surface area (Å²) in [6, 6.07) is 0. The van der Waals surface area contributed by atoms with Crippen molar-refractivity contribution in [2.24, 2.45) is 0 Å². The molecule has 70 valence electrons. The summed E-state index contributed by atoms with van der Waals surface area (Å²) in [6.45, 7) is 2.85. The van der Waals surface area contributed by atoms with Gasteiger partial charge in [-0.1, -0.05) is 0 Å². The smallest absolute Gasteiger partial charge is 0.228 e. The van der Waals surface area contributed by atoms with Gasteiger partial charge in [-0.25, -0.2) is 4.98 Å². The molecule has 1 aliphatic rings. The normalized spacial score (nSPS) is 17.9. The Morgan fingerprint density at radius 3 is 3.00 bits per heavy atom. The summed E-state index contributed by atoms with van der Waals surface area (Å²) in [6.07, 6.45) is 4.63. The number of rotatable bonds is 1. The molecule has 13 heavy (non-hydrogen) atoms. The van der Waals surface area contributed by atoms with Crippen LogP contribution in [0, 0.1) is 6.92 Å². The van der Waals surface area contributed by atoms with E-state index in [4.69, 9.17) is 0 Å². The molecular weight excluding hydrogens is 184 g/mol. The Balaban J connectivity index is 2.19. The predicted molar refractivity (Wildman–Crippen MR) is 53.1 cm³/mol. The van der Waals surface area contributed by atoms with Crippen LogP contribution in [0.4, 0.5) is 5.13 Å². The van der Waals surface area contributed by atoms with Gasteiger partial charge in [-0.15, -0.1) is 11.3 Å². The first kappa shape index (κ1) is 8.69. The Morgan fingerprint density at radius 1 is 1.54 bits per heavy atom. The maximum atomic E-state index is 11.5. The van der Waals surface area contributed by atoms with Crippen molar-refractivity contribution in [3.63, 3.8) is 0 Å². The molecule has 1 fully saturated rings. The van der Waals surface area contributed by atoms with Crippen LogP contribution >= 0.6 is 11.3 Å². The average Bonchev–Trinajstić information content (AvgIpc) is 2.53. The number of carbonyl (C=O) groups excluding carboxylic acids is 1. The van der Waals surface area contributed by atoms with Crippen molar-refractivity contribution < 1.29 is 4.79 Å². The van der Waals surface area contributed by atoms with Crippen LogP contribution < -0.4 is 4.90 Å². The van der Waals surface area contributed by atoms with Crippen LogP contribution in [0.3, 0.4) is 0 Å².